The average molecular weight is 250 g/mol. The largest absolute Gasteiger partial charge is 0.310 e. The predicted molar refractivity (Wildman–Crippen MR) is 71.1 cm³/mol. The molecule has 0 aliphatic heterocycles. The topological polar surface area (TPSA) is 42.7 Å². The van der Waals surface area contributed by atoms with Crippen LogP contribution in [0, 0.1) is 6.92 Å². The highest BCUT2D eigenvalue weighted by atomic mass is 32.1. The zero-order chi connectivity index (χ0) is 12.4. The average Bonchev–Trinajstić information content (AvgIpc) is 2.85. The van der Waals surface area contributed by atoms with Gasteiger partial charge in [0.1, 0.15) is 5.01 Å². The SMILES string of the molecule is CCNC(C)c1cnc(-c2cn(C)nc2C)s1. The summed E-state index contributed by atoms with van der Waals surface area (Å²) in [6, 6.07) is 0.364. The van der Waals surface area contributed by atoms with E-state index in [1.165, 1.54) is 4.88 Å². The molecule has 2 aromatic heterocycles. The van der Waals surface area contributed by atoms with Crippen LogP contribution < -0.4 is 5.32 Å². The first-order valence-corrected chi connectivity index (χ1v) is 6.63. The van der Waals surface area contributed by atoms with E-state index in [1.807, 2.05) is 31.0 Å². The second-order valence-electron chi connectivity index (χ2n) is 4.15. The molecule has 0 bridgehead atoms. The second-order valence-corrected chi connectivity index (χ2v) is 5.21. The maximum absolute atomic E-state index is 4.49. The van der Waals surface area contributed by atoms with Crippen LogP contribution in [0.25, 0.3) is 10.6 Å². The Morgan fingerprint density at radius 1 is 1.53 bits per heavy atom. The zero-order valence-corrected chi connectivity index (χ0v) is 11.5. The molecule has 0 saturated carbocycles. The van der Waals surface area contributed by atoms with E-state index in [4.69, 9.17) is 0 Å². The molecule has 0 saturated heterocycles. The lowest BCUT2D eigenvalue weighted by molar-refractivity contribution is 0.606. The minimum Gasteiger partial charge on any atom is -0.310 e. The Morgan fingerprint density at radius 3 is 2.88 bits per heavy atom. The number of aryl methyl sites for hydroxylation is 2. The summed E-state index contributed by atoms with van der Waals surface area (Å²) < 4.78 is 1.83. The van der Waals surface area contributed by atoms with Crippen molar-refractivity contribution >= 4 is 11.3 Å². The molecule has 4 nitrogen and oxygen atoms in total. The number of nitrogens with zero attached hydrogens (tertiary/aromatic N) is 3. The van der Waals surface area contributed by atoms with Gasteiger partial charge in [-0.25, -0.2) is 4.98 Å². The summed E-state index contributed by atoms with van der Waals surface area (Å²) in [5, 5.41) is 8.79. The Hall–Kier alpha value is -1.20. The summed E-state index contributed by atoms with van der Waals surface area (Å²) in [4.78, 5) is 5.76. The van der Waals surface area contributed by atoms with Gasteiger partial charge in [-0.05, 0) is 20.4 Å². The molecule has 1 N–H and O–H groups in total. The highest BCUT2D eigenvalue weighted by molar-refractivity contribution is 7.15. The van der Waals surface area contributed by atoms with E-state index < -0.39 is 0 Å². The number of hydrogen-bond acceptors (Lipinski definition) is 4. The van der Waals surface area contributed by atoms with Gasteiger partial charge in [0.05, 0.1) is 11.3 Å². The third-order valence-electron chi connectivity index (χ3n) is 2.70. The summed E-state index contributed by atoms with van der Waals surface area (Å²) in [5.74, 6) is 0. The van der Waals surface area contributed by atoms with Gasteiger partial charge in [0.15, 0.2) is 0 Å². The smallest absolute Gasteiger partial charge is 0.127 e. The molecule has 5 heteroatoms. The number of nitrogens with one attached hydrogen (secondary N) is 1. The second kappa shape index (κ2) is 4.98. The molecule has 0 amide bonds. The molecule has 0 spiro atoms. The molecule has 92 valence electrons. The first kappa shape index (κ1) is 12.3. The van der Waals surface area contributed by atoms with Gasteiger partial charge in [-0.2, -0.15) is 5.10 Å². The van der Waals surface area contributed by atoms with E-state index in [0.717, 1.165) is 22.8 Å². The molecule has 17 heavy (non-hydrogen) atoms. The van der Waals surface area contributed by atoms with E-state index in [9.17, 15) is 0 Å². The lowest BCUT2D eigenvalue weighted by Gasteiger charge is -2.07. The predicted octanol–water partition coefficient (Wildman–Crippen LogP) is 2.52. The molecule has 0 fully saturated rings. The lowest BCUT2D eigenvalue weighted by atomic mass is 10.3. The van der Waals surface area contributed by atoms with Crippen molar-refractivity contribution in [3.8, 4) is 10.6 Å². The maximum atomic E-state index is 4.49. The highest BCUT2D eigenvalue weighted by Crippen LogP contribution is 2.30. The Bertz CT molecular complexity index is 500. The Labute approximate surface area is 106 Å². The molecule has 0 aliphatic carbocycles. The fourth-order valence-electron chi connectivity index (χ4n) is 1.83. The van der Waals surface area contributed by atoms with Crippen molar-refractivity contribution in [1.29, 1.82) is 0 Å². The van der Waals surface area contributed by atoms with E-state index in [-0.39, 0.29) is 0 Å². The summed E-state index contributed by atoms with van der Waals surface area (Å²) >= 11 is 1.73. The number of rotatable bonds is 4. The Balaban J connectivity index is 2.26. The fourth-order valence-corrected chi connectivity index (χ4v) is 2.83. The molecule has 1 atom stereocenters. The van der Waals surface area contributed by atoms with Gasteiger partial charge in [0, 0.05) is 30.4 Å². The van der Waals surface area contributed by atoms with Crippen LogP contribution in [0.15, 0.2) is 12.4 Å². The van der Waals surface area contributed by atoms with Crippen molar-refractivity contribution in [3.63, 3.8) is 0 Å². The van der Waals surface area contributed by atoms with Crippen molar-refractivity contribution in [1.82, 2.24) is 20.1 Å². The summed E-state index contributed by atoms with van der Waals surface area (Å²) in [5.41, 5.74) is 2.16. The van der Waals surface area contributed by atoms with Gasteiger partial charge < -0.3 is 5.32 Å². The van der Waals surface area contributed by atoms with E-state index in [2.05, 4.69) is 29.2 Å². The first-order chi connectivity index (χ1) is 8.11. The maximum Gasteiger partial charge on any atom is 0.127 e. The molecular weight excluding hydrogens is 232 g/mol. The van der Waals surface area contributed by atoms with Gasteiger partial charge >= 0.3 is 0 Å². The zero-order valence-electron chi connectivity index (χ0n) is 10.7. The van der Waals surface area contributed by atoms with Crippen LogP contribution in [0.1, 0.15) is 30.5 Å². The molecule has 0 aliphatic rings. The molecule has 2 heterocycles. The Morgan fingerprint density at radius 2 is 2.29 bits per heavy atom. The number of thiazole rings is 1. The third-order valence-corrected chi connectivity index (χ3v) is 3.92. The molecule has 2 rings (SSSR count). The minimum absolute atomic E-state index is 0.364. The molecule has 0 aromatic carbocycles. The standard InChI is InChI=1S/C12H18N4S/c1-5-13-9(3)11-6-14-12(17-11)10-7-16(4)15-8(10)2/h6-7,9,13H,5H2,1-4H3. The van der Waals surface area contributed by atoms with Crippen LogP contribution in [0.2, 0.25) is 0 Å². The van der Waals surface area contributed by atoms with E-state index in [1.54, 1.807) is 11.3 Å². The van der Waals surface area contributed by atoms with Crippen molar-refractivity contribution in [2.45, 2.75) is 26.8 Å². The summed E-state index contributed by atoms with van der Waals surface area (Å²) in [6.07, 6.45) is 3.98. The lowest BCUT2D eigenvalue weighted by Crippen LogP contribution is -2.16. The van der Waals surface area contributed by atoms with Gasteiger partial charge in [0.25, 0.3) is 0 Å². The fraction of sp³-hybridized carbons (Fsp3) is 0.500. The summed E-state index contributed by atoms with van der Waals surface area (Å²) in [6.45, 7) is 7.27. The van der Waals surface area contributed by atoms with Crippen LogP contribution in [-0.4, -0.2) is 21.3 Å². The van der Waals surface area contributed by atoms with Crippen molar-refractivity contribution < 1.29 is 0 Å². The van der Waals surface area contributed by atoms with Crippen LogP contribution >= 0.6 is 11.3 Å². The van der Waals surface area contributed by atoms with Gasteiger partial charge in [-0.15, -0.1) is 11.3 Å². The third kappa shape index (κ3) is 2.56. The molecule has 0 radical (unpaired) electrons. The number of aromatic nitrogens is 3. The monoisotopic (exact) mass is 250 g/mol. The molecule has 2 aromatic rings. The van der Waals surface area contributed by atoms with Gasteiger partial charge in [-0.1, -0.05) is 6.92 Å². The van der Waals surface area contributed by atoms with Crippen molar-refractivity contribution in [2.24, 2.45) is 7.05 Å². The quantitative estimate of drug-likeness (QED) is 0.906. The van der Waals surface area contributed by atoms with Crippen molar-refractivity contribution in [2.75, 3.05) is 6.54 Å². The normalized spacial score (nSPS) is 12.9. The van der Waals surface area contributed by atoms with Crippen LogP contribution in [0.5, 0.6) is 0 Å². The van der Waals surface area contributed by atoms with E-state index >= 15 is 0 Å². The van der Waals surface area contributed by atoms with Crippen LogP contribution in [0.3, 0.4) is 0 Å². The van der Waals surface area contributed by atoms with E-state index in [0.29, 0.717) is 6.04 Å². The summed E-state index contributed by atoms with van der Waals surface area (Å²) in [7, 11) is 1.94. The minimum atomic E-state index is 0.364. The van der Waals surface area contributed by atoms with Crippen LogP contribution in [0.4, 0.5) is 0 Å². The Kier molecular flexibility index (Phi) is 3.59. The molecular formula is C12H18N4S. The van der Waals surface area contributed by atoms with Crippen molar-refractivity contribution in [3.05, 3.63) is 23.0 Å². The van der Waals surface area contributed by atoms with Gasteiger partial charge in [-0.3, -0.25) is 4.68 Å². The van der Waals surface area contributed by atoms with Crippen LogP contribution in [-0.2, 0) is 7.05 Å². The molecule has 1 unspecified atom stereocenters. The number of hydrogen-bond donors (Lipinski definition) is 1. The highest BCUT2D eigenvalue weighted by Gasteiger charge is 2.13. The first-order valence-electron chi connectivity index (χ1n) is 5.81. The van der Waals surface area contributed by atoms with Gasteiger partial charge in [0.2, 0.25) is 0 Å².